The van der Waals surface area contributed by atoms with Crippen LogP contribution in [0.25, 0.3) is 0 Å². The maximum atomic E-state index is 12.4. The van der Waals surface area contributed by atoms with Gasteiger partial charge in [0.15, 0.2) is 0 Å². The van der Waals surface area contributed by atoms with Crippen molar-refractivity contribution < 1.29 is 18.8 Å². The van der Waals surface area contributed by atoms with Crippen LogP contribution in [0.5, 0.6) is 0 Å². The van der Waals surface area contributed by atoms with E-state index in [0.29, 0.717) is 5.57 Å². The number of ketones is 1. The van der Waals surface area contributed by atoms with Gasteiger partial charge in [0.05, 0.1) is 6.10 Å². The topological polar surface area (TPSA) is 82.3 Å². The maximum Gasteiger partial charge on any atom is 0.315 e. The van der Waals surface area contributed by atoms with Gasteiger partial charge in [0.2, 0.25) is 17.5 Å². The highest BCUT2D eigenvalue weighted by Gasteiger charge is 2.21. The van der Waals surface area contributed by atoms with Gasteiger partial charge in [-0.15, -0.1) is 0 Å². The standard InChI is InChI=1S/C17H20N2O4/c1-11(2)22-14(20)10-13-18-16(19-23-13)15(21)12-6-5-8-17(3,4)9-7-12/h5-9,11H,10H2,1-4H3. The average molecular weight is 316 g/mol. The molecule has 122 valence electrons. The number of carbonyl (C=O) groups is 2. The second-order valence-corrected chi connectivity index (χ2v) is 6.19. The maximum absolute atomic E-state index is 12.4. The van der Waals surface area contributed by atoms with Gasteiger partial charge in [-0.3, -0.25) is 9.59 Å². The average Bonchev–Trinajstić information content (AvgIpc) is 2.81. The highest BCUT2D eigenvalue weighted by Crippen LogP contribution is 2.23. The molecular weight excluding hydrogens is 296 g/mol. The zero-order chi connectivity index (χ0) is 17.0. The van der Waals surface area contributed by atoms with E-state index >= 15 is 0 Å². The molecule has 2 rings (SSSR count). The van der Waals surface area contributed by atoms with Crippen LogP contribution >= 0.6 is 0 Å². The molecule has 0 fully saturated rings. The number of hydrogen-bond donors (Lipinski definition) is 0. The molecule has 0 aliphatic heterocycles. The van der Waals surface area contributed by atoms with E-state index in [-0.39, 0.29) is 35.4 Å². The molecule has 6 nitrogen and oxygen atoms in total. The van der Waals surface area contributed by atoms with Crippen molar-refractivity contribution in [2.75, 3.05) is 0 Å². The Bertz CT molecular complexity index is 693. The molecule has 0 saturated carbocycles. The first-order chi connectivity index (χ1) is 10.8. The number of hydrogen-bond acceptors (Lipinski definition) is 6. The lowest BCUT2D eigenvalue weighted by molar-refractivity contribution is -0.146. The lowest BCUT2D eigenvalue weighted by Crippen LogP contribution is -2.14. The number of nitrogens with zero attached hydrogens (tertiary/aromatic N) is 2. The molecule has 0 aromatic carbocycles. The van der Waals surface area contributed by atoms with Crippen molar-refractivity contribution in [2.24, 2.45) is 5.41 Å². The van der Waals surface area contributed by atoms with Gasteiger partial charge in [0.1, 0.15) is 6.42 Å². The van der Waals surface area contributed by atoms with Gasteiger partial charge >= 0.3 is 5.97 Å². The third-order valence-corrected chi connectivity index (χ3v) is 3.09. The highest BCUT2D eigenvalue weighted by molar-refractivity contribution is 6.08. The zero-order valence-corrected chi connectivity index (χ0v) is 13.7. The molecule has 0 saturated heterocycles. The second kappa shape index (κ2) is 6.73. The Morgan fingerprint density at radius 2 is 2.04 bits per heavy atom. The van der Waals surface area contributed by atoms with Gasteiger partial charge in [-0.1, -0.05) is 49.4 Å². The van der Waals surface area contributed by atoms with Gasteiger partial charge in [-0.05, 0) is 13.8 Å². The predicted octanol–water partition coefficient (Wildman–Crippen LogP) is 2.83. The van der Waals surface area contributed by atoms with E-state index < -0.39 is 5.97 Å². The minimum absolute atomic E-state index is 0.0630. The number of aromatic nitrogens is 2. The van der Waals surface area contributed by atoms with E-state index in [4.69, 9.17) is 9.26 Å². The van der Waals surface area contributed by atoms with Crippen LogP contribution in [-0.4, -0.2) is 28.0 Å². The van der Waals surface area contributed by atoms with Crippen LogP contribution in [0.1, 0.15) is 44.2 Å². The molecule has 6 heteroatoms. The van der Waals surface area contributed by atoms with Crippen LogP contribution in [0, 0.1) is 5.41 Å². The van der Waals surface area contributed by atoms with Gasteiger partial charge in [0.25, 0.3) is 0 Å². The number of rotatable bonds is 5. The molecule has 0 radical (unpaired) electrons. The van der Waals surface area contributed by atoms with Crippen molar-refractivity contribution in [1.29, 1.82) is 0 Å². The fourth-order valence-corrected chi connectivity index (χ4v) is 1.94. The van der Waals surface area contributed by atoms with Crippen molar-refractivity contribution in [3.05, 3.63) is 47.7 Å². The molecule has 0 bridgehead atoms. The van der Waals surface area contributed by atoms with Crippen molar-refractivity contribution in [3.63, 3.8) is 0 Å². The number of esters is 1. The fraction of sp³-hybridized carbons (Fsp3) is 0.412. The summed E-state index contributed by atoms with van der Waals surface area (Å²) in [6, 6.07) is 0. The third kappa shape index (κ3) is 4.74. The monoisotopic (exact) mass is 316 g/mol. The third-order valence-electron chi connectivity index (χ3n) is 3.09. The van der Waals surface area contributed by atoms with Crippen LogP contribution in [0.2, 0.25) is 0 Å². The Morgan fingerprint density at radius 1 is 1.30 bits per heavy atom. The fourth-order valence-electron chi connectivity index (χ4n) is 1.94. The Labute approximate surface area is 134 Å². The molecule has 1 aliphatic rings. The minimum Gasteiger partial charge on any atom is -0.463 e. The molecule has 23 heavy (non-hydrogen) atoms. The van der Waals surface area contributed by atoms with Gasteiger partial charge in [-0.2, -0.15) is 4.98 Å². The molecule has 0 amide bonds. The Balaban J connectivity index is 2.09. The van der Waals surface area contributed by atoms with E-state index in [0.717, 1.165) is 0 Å². The Morgan fingerprint density at radius 3 is 2.74 bits per heavy atom. The first kappa shape index (κ1) is 16.9. The smallest absolute Gasteiger partial charge is 0.315 e. The number of carbonyl (C=O) groups excluding carboxylic acids is 2. The highest BCUT2D eigenvalue weighted by atomic mass is 16.5. The summed E-state index contributed by atoms with van der Waals surface area (Å²) in [6.07, 6.45) is 8.83. The zero-order valence-electron chi connectivity index (χ0n) is 13.7. The summed E-state index contributed by atoms with van der Waals surface area (Å²) in [5, 5.41) is 3.65. The molecule has 1 heterocycles. The van der Waals surface area contributed by atoms with E-state index in [1.54, 1.807) is 26.0 Å². The molecule has 0 unspecified atom stereocenters. The summed E-state index contributed by atoms with van der Waals surface area (Å²) in [5.74, 6) is -0.828. The van der Waals surface area contributed by atoms with Gasteiger partial charge in [0, 0.05) is 11.0 Å². The summed E-state index contributed by atoms with van der Waals surface area (Å²) >= 11 is 0. The van der Waals surface area contributed by atoms with Crippen molar-refractivity contribution in [1.82, 2.24) is 10.1 Å². The molecule has 0 atom stereocenters. The lowest BCUT2D eigenvalue weighted by atomic mass is 9.93. The van der Waals surface area contributed by atoms with E-state index in [1.807, 2.05) is 32.1 Å². The first-order valence-corrected chi connectivity index (χ1v) is 7.42. The van der Waals surface area contributed by atoms with Crippen LogP contribution in [-0.2, 0) is 16.0 Å². The summed E-state index contributed by atoms with van der Waals surface area (Å²) in [6.45, 7) is 7.57. The quantitative estimate of drug-likeness (QED) is 0.613. The van der Waals surface area contributed by atoms with E-state index in [1.165, 1.54) is 0 Å². The second-order valence-electron chi connectivity index (χ2n) is 6.19. The number of allylic oxidation sites excluding steroid dienone is 6. The summed E-state index contributed by atoms with van der Waals surface area (Å²) in [5.41, 5.74) is 0.339. The molecule has 1 aliphatic carbocycles. The summed E-state index contributed by atoms with van der Waals surface area (Å²) in [7, 11) is 0. The van der Waals surface area contributed by atoms with Crippen molar-refractivity contribution in [2.45, 2.75) is 40.2 Å². The van der Waals surface area contributed by atoms with Gasteiger partial charge < -0.3 is 9.26 Å². The number of ether oxygens (including phenoxy) is 1. The molecule has 1 aromatic heterocycles. The van der Waals surface area contributed by atoms with Gasteiger partial charge in [-0.25, -0.2) is 0 Å². The van der Waals surface area contributed by atoms with Crippen LogP contribution in [0.3, 0.4) is 0 Å². The van der Waals surface area contributed by atoms with Crippen LogP contribution in [0.4, 0.5) is 0 Å². The number of Topliss-reactive ketones (excluding diaryl/α,β-unsaturated/α-hetero) is 1. The normalized spacial score (nSPS) is 16.1. The largest absolute Gasteiger partial charge is 0.463 e. The lowest BCUT2D eigenvalue weighted by Gasteiger charge is -2.12. The Hall–Kier alpha value is -2.50. The SMILES string of the molecule is CC(C)OC(=O)Cc1nc(C(=O)C2=CC=CC(C)(C)C=C2)no1. The van der Waals surface area contributed by atoms with Crippen molar-refractivity contribution in [3.8, 4) is 0 Å². The molecule has 1 aromatic rings. The molecule has 0 N–H and O–H groups in total. The van der Waals surface area contributed by atoms with Crippen LogP contribution in [0.15, 0.2) is 40.5 Å². The van der Waals surface area contributed by atoms with E-state index in [9.17, 15) is 9.59 Å². The van der Waals surface area contributed by atoms with Crippen LogP contribution < -0.4 is 0 Å². The molecule has 0 spiro atoms. The first-order valence-electron chi connectivity index (χ1n) is 7.42. The summed E-state index contributed by atoms with van der Waals surface area (Å²) in [4.78, 5) is 27.9. The van der Waals surface area contributed by atoms with E-state index in [2.05, 4.69) is 10.1 Å². The minimum atomic E-state index is -0.471. The Kier molecular flexibility index (Phi) is 4.93. The van der Waals surface area contributed by atoms with Crippen molar-refractivity contribution >= 4 is 11.8 Å². The molecular formula is C17H20N2O4. The summed E-state index contributed by atoms with van der Waals surface area (Å²) < 4.78 is 9.95. The predicted molar refractivity (Wildman–Crippen MR) is 83.7 cm³/mol.